The molecule has 0 atom stereocenters. The Labute approximate surface area is 170 Å². The number of carbonyl (C=O) groups is 1. The topological polar surface area (TPSA) is 47.8 Å². The number of aromatic nitrogens is 3. The highest BCUT2D eigenvalue weighted by Crippen LogP contribution is 2.24. The van der Waals surface area contributed by atoms with E-state index in [0.717, 1.165) is 23.2 Å². The van der Waals surface area contributed by atoms with Gasteiger partial charge in [-0.05, 0) is 47.9 Å². The van der Waals surface area contributed by atoms with Crippen molar-refractivity contribution in [2.24, 2.45) is 0 Å². The van der Waals surface area contributed by atoms with E-state index in [0.29, 0.717) is 11.3 Å². The van der Waals surface area contributed by atoms with Crippen molar-refractivity contribution in [3.63, 3.8) is 0 Å². The Morgan fingerprint density at radius 3 is 2.48 bits per heavy atom. The number of carbonyl (C=O) groups excluding carboxylic acids is 1. The van der Waals surface area contributed by atoms with Crippen molar-refractivity contribution in [3.05, 3.63) is 108 Å². The van der Waals surface area contributed by atoms with E-state index >= 15 is 0 Å². The second-order valence-corrected chi connectivity index (χ2v) is 6.71. The summed E-state index contributed by atoms with van der Waals surface area (Å²) in [6.07, 6.45) is 9.66. The molecule has 0 radical (unpaired) electrons. The van der Waals surface area contributed by atoms with Gasteiger partial charge in [0, 0.05) is 24.2 Å². The number of aryl methyl sites for hydroxylation is 1. The lowest BCUT2D eigenvalue weighted by Gasteiger charge is -2.00. The first-order valence-electron chi connectivity index (χ1n) is 9.61. The quantitative estimate of drug-likeness (QED) is 0.333. The maximum absolute atomic E-state index is 13.0. The zero-order valence-corrected chi connectivity index (χ0v) is 16.2. The van der Waals surface area contributed by atoms with Crippen LogP contribution in [0.3, 0.4) is 0 Å². The Hall–Kier alpha value is -3.79. The SMILES string of the molecule is CCc1ccc(C=CC(=O)c2cn(-c3ccccc3)nc2-c2cccnc2)cc1. The van der Waals surface area contributed by atoms with E-state index in [2.05, 4.69) is 29.1 Å². The molecular weight excluding hydrogens is 358 g/mol. The first-order valence-corrected chi connectivity index (χ1v) is 9.61. The number of hydrogen-bond acceptors (Lipinski definition) is 3. The Morgan fingerprint density at radius 1 is 1.00 bits per heavy atom. The van der Waals surface area contributed by atoms with E-state index in [1.807, 2.05) is 60.7 Å². The number of hydrogen-bond donors (Lipinski definition) is 0. The van der Waals surface area contributed by atoms with Gasteiger partial charge in [-0.15, -0.1) is 0 Å². The second-order valence-electron chi connectivity index (χ2n) is 6.71. The van der Waals surface area contributed by atoms with Crippen molar-refractivity contribution in [2.75, 3.05) is 0 Å². The van der Waals surface area contributed by atoms with Crippen LogP contribution < -0.4 is 0 Å². The van der Waals surface area contributed by atoms with Crippen molar-refractivity contribution in [3.8, 4) is 16.9 Å². The van der Waals surface area contributed by atoms with Crippen LogP contribution in [0.5, 0.6) is 0 Å². The monoisotopic (exact) mass is 379 g/mol. The van der Waals surface area contributed by atoms with Gasteiger partial charge in [0.25, 0.3) is 0 Å². The van der Waals surface area contributed by atoms with Crippen LogP contribution in [-0.4, -0.2) is 20.5 Å². The summed E-state index contributed by atoms with van der Waals surface area (Å²) in [5, 5.41) is 4.67. The molecule has 142 valence electrons. The Kier molecular flexibility index (Phi) is 5.43. The van der Waals surface area contributed by atoms with Crippen molar-refractivity contribution < 1.29 is 4.79 Å². The van der Waals surface area contributed by atoms with Gasteiger partial charge in [-0.25, -0.2) is 4.68 Å². The van der Waals surface area contributed by atoms with Gasteiger partial charge < -0.3 is 0 Å². The summed E-state index contributed by atoms with van der Waals surface area (Å²) in [5.41, 5.74) is 5.15. The smallest absolute Gasteiger partial charge is 0.189 e. The number of pyridine rings is 1. The molecule has 2 aromatic carbocycles. The second kappa shape index (κ2) is 8.48. The molecule has 0 aliphatic heterocycles. The van der Waals surface area contributed by atoms with Crippen LogP contribution >= 0.6 is 0 Å². The average molecular weight is 379 g/mol. The molecule has 0 bridgehead atoms. The fraction of sp³-hybridized carbons (Fsp3) is 0.0800. The summed E-state index contributed by atoms with van der Waals surface area (Å²) in [6, 6.07) is 21.7. The summed E-state index contributed by atoms with van der Waals surface area (Å²) in [5.74, 6) is -0.0920. The van der Waals surface area contributed by atoms with E-state index in [1.165, 1.54) is 5.56 Å². The van der Waals surface area contributed by atoms with Gasteiger partial charge in [0.2, 0.25) is 0 Å². The summed E-state index contributed by atoms with van der Waals surface area (Å²) in [4.78, 5) is 17.2. The third-order valence-corrected chi connectivity index (χ3v) is 4.75. The molecule has 2 aromatic heterocycles. The predicted octanol–water partition coefficient (Wildman–Crippen LogP) is 5.39. The van der Waals surface area contributed by atoms with Crippen LogP contribution in [0.4, 0.5) is 0 Å². The largest absolute Gasteiger partial charge is 0.289 e. The molecule has 4 aromatic rings. The average Bonchev–Trinajstić information content (AvgIpc) is 3.25. The first-order chi connectivity index (χ1) is 14.2. The third kappa shape index (κ3) is 4.22. The molecule has 0 unspecified atom stereocenters. The molecule has 0 spiro atoms. The molecule has 29 heavy (non-hydrogen) atoms. The van der Waals surface area contributed by atoms with E-state index in [4.69, 9.17) is 0 Å². The highest BCUT2D eigenvalue weighted by Gasteiger charge is 2.17. The fourth-order valence-corrected chi connectivity index (χ4v) is 3.11. The van der Waals surface area contributed by atoms with E-state index in [1.54, 1.807) is 29.3 Å². The van der Waals surface area contributed by atoms with E-state index < -0.39 is 0 Å². The molecule has 2 heterocycles. The maximum atomic E-state index is 13.0. The lowest BCUT2D eigenvalue weighted by Crippen LogP contribution is -1.95. The van der Waals surface area contributed by atoms with Crippen LogP contribution in [0, 0.1) is 0 Å². The van der Waals surface area contributed by atoms with Gasteiger partial charge in [0.05, 0.1) is 11.3 Å². The van der Waals surface area contributed by atoms with E-state index in [9.17, 15) is 4.79 Å². The first kappa shape index (κ1) is 18.6. The fourth-order valence-electron chi connectivity index (χ4n) is 3.11. The summed E-state index contributed by atoms with van der Waals surface area (Å²) < 4.78 is 1.74. The predicted molar refractivity (Wildman–Crippen MR) is 116 cm³/mol. The minimum Gasteiger partial charge on any atom is -0.289 e. The molecule has 4 nitrogen and oxygen atoms in total. The lowest BCUT2D eigenvalue weighted by molar-refractivity contribution is 0.104. The van der Waals surface area contributed by atoms with Gasteiger partial charge in [0.15, 0.2) is 5.78 Å². The number of benzene rings is 2. The van der Waals surface area contributed by atoms with Crippen LogP contribution in [0.1, 0.15) is 28.4 Å². The molecule has 0 fully saturated rings. The number of ketones is 1. The van der Waals surface area contributed by atoms with Gasteiger partial charge in [0.1, 0.15) is 5.69 Å². The summed E-state index contributed by atoms with van der Waals surface area (Å²) >= 11 is 0. The Morgan fingerprint density at radius 2 is 1.79 bits per heavy atom. The van der Waals surface area contributed by atoms with Crippen molar-refractivity contribution in [1.29, 1.82) is 0 Å². The molecule has 0 saturated carbocycles. The van der Waals surface area contributed by atoms with Crippen molar-refractivity contribution >= 4 is 11.9 Å². The Bertz CT molecular complexity index is 1130. The number of nitrogens with zero attached hydrogens (tertiary/aromatic N) is 3. The minimum atomic E-state index is -0.0920. The van der Waals surface area contributed by atoms with Gasteiger partial charge in [-0.3, -0.25) is 9.78 Å². The molecule has 0 aliphatic carbocycles. The number of rotatable bonds is 6. The summed E-state index contributed by atoms with van der Waals surface area (Å²) in [7, 11) is 0. The van der Waals surface area contributed by atoms with Crippen molar-refractivity contribution in [2.45, 2.75) is 13.3 Å². The molecule has 0 saturated heterocycles. The molecule has 0 N–H and O–H groups in total. The van der Waals surface area contributed by atoms with Crippen molar-refractivity contribution in [1.82, 2.24) is 14.8 Å². The Balaban J connectivity index is 1.70. The molecule has 0 aliphatic rings. The maximum Gasteiger partial charge on any atom is 0.189 e. The van der Waals surface area contributed by atoms with Crippen LogP contribution in [0.2, 0.25) is 0 Å². The van der Waals surface area contributed by atoms with Crippen LogP contribution in [0.15, 0.2) is 91.4 Å². The molecule has 4 rings (SSSR count). The zero-order valence-electron chi connectivity index (χ0n) is 16.2. The van der Waals surface area contributed by atoms with E-state index in [-0.39, 0.29) is 5.78 Å². The van der Waals surface area contributed by atoms with Gasteiger partial charge in [-0.2, -0.15) is 5.10 Å². The standard InChI is InChI=1S/C25H21N3O/c1-2-19-10-12-20(13-11-19)14-15-24(29)23-18-28(22-8-4-3-5-9-22)27-25(23)21-7-6-16-26-17-21/h3-18H,2H2,1H3. The lowest BCUT2D eigenvalue weighted by atomic mass is 10.1. The number of allylic oxidation sites excluding steroid dienone is 1. The molecule has 0 amide bonds. The minimum absolute atomic E-state index is 0.0920. The number of para-hydroxylation sites is 1. The molecule has 4 heteroatoms. The van der Waals surface area contributed by atoms with Gasteiger partial charge >= 0.3 is 0 Å². The third-order valence-electron chi connectivity index (χ3n) is 4.75. The zero-order chi connectivity index (χ0) is 20.1. The highest BCUT2D eigenvalue weighted by atomic mass is 16.1. The highest BCUT2D eigenvalue weighted by molar-refractivity contribution is 6.10. The summed E-state index contributed by atoms with van der Waals surface area (Å²) in [6.45, 7) is 2.12. The van der Waals surface area contributed by atoms with Gasteiger partial charge in [-0.1, -0.05) is 55.5 Å². The normalized spacial score (nSPS) is 11.1. The van der Waals surface area contributed by atoms with Crippen LogP contribution in [-0.2, 0) is 6.42 Å². The van der Waals surface area contributed by atoms with Crippen LogP contribution in [0.25, 0.3) is 23.0 Å². The molecular formula is C25H21N3O.